The first-order valence-electron chi connectivity index (χ1n) is 6.77. The summed E-state index contributed by atoms with van der Waals surface area (Å²) in [4.78, 5) is 5.38. The fourth-order valence-corrected chi connectivity index (χ4v) is 2.12. The molecule has 0 saturated heterocycles. The van der Waals surface area contributed by atoms with Crippen LogP contribution in [0.25, 0.3) is 5.70 Å². The van der Waals surface area contributed by atoms with Crippen molar-refractivity contribution < 1.29 is 4.84 Å². The van der Waals surface area contributed by atoms with Crippen molar-refractivity contribution in [3.05, 3.63) is 84.2 Å². The molecule has 1 aliphatic rings. The van der Waals surface area contributed by atoms with Gasteiger partial charge in [-0.3, -0.25) is 10.3 Å². The van der Waals surface area contributed by atoms with Gasteiger partial charge in [0.05, 0.1) is 12.8 Å². The molecule has 0 amide bonds. The van der Waals surface area contributed by atoms with Crippen LogP contribution in [-0.4, -0.2) is 12.3 Å². The van der Waals surface area contributed by atoms with E-state index >= 15 is 0 Å². The molecular formula is C17H17N3O. The van der Waals surface area contributed by atoms with E-state index in [1.807, 2.05) is 60.7 Å². The normalized spacial score (nSPS) is 14.0. The van der Waals surface area contributed by atoms with Crippen LogP contribution in [0.4, 0.5) is 5.69 Å². The van der Waals surface area contributed by atoms with Crippen LogP contribution in [0, 0.1) is 0 Å². The molecule has 106 valence electrons. The lowest BCUT2D eigenvalue weighted by Crippen LogP contribution is -2.39. The van der Waals surface area contributed by atoms with E-state index in [-0.39, 0.29) is 0 Å². The van der Waals surface area contributed by atoms with Crippen molar-refractivity contribution >= 4 is 11.4 Å². The third-order valence-corrected chi connectivity index (χ3v) is 3.16. The number of hydrogen-bond acceptors (Lipinski definition) is 4. The van der Waals surface area contributed by atoms with Crippen LogP contribution in [-0.2, 0) is 4.84 Å². The fraction of sp³-hybridized carbons (Fsp3) is 0.0588. The Hall–Kier alpha value is -2.72. The molecule has 1 aliphatic heterocycles. The molecule has 2 aromatic rings. The van der Waals surface area contributed by atoms with Gasteiger partial charge in [0.2, 0.25) is 0 Å². The Kier molecular flexibility index (Phi) is 3.89. The number of allylic oxidation sites excluding steroid dienone is 2. The van der Waals surface area contributed by atoms with E-state index in [1.165, 1.54) is 0 Å². The van der Waals surface area contributed by atoms with Gasteiger partial charge in [-0.05, 0) is 29.8 Å². The Morgan fingerprint density at radius 3 is 2.24 bits per heavy atom. The molecule has 0 aliphatic carbocycles. The number of benzene rings is 2. The average molecular weight is 279 g/mol. The quantitative estimate of drug-likeness (QED) is 0.899. The summed E-state index contributed by atoms with van der Waals surface area (Å²) in [5.74, 6) is 0.823. The molecule has 1 heterocycles. The predicted octanol–water partition coefficient (Wildman–Crippen LogP) is 3.36. The minimum absolute atomic E-state index is 0.823. The van der Waals surface area contributed by atoms with E-state index in [0.29, 0.717) is 0 Å². The van der Waals surface area contributed by atoms with Gasteiger partial charge in [0, 0.05) is 5.69 Å². The highest BCUT2D eigenvalue weighted by Crippen LogP contribution is 2.20. The van der Waals surface area contributed by atoms with Crippen molar-refractivity contribution in [2.45, 2.75) is 0 Å². The number of hydrogen-bond donors (Lipinski definition) is 2. The summed E-state index contributed by atoms with van der Waals surface area (Å²) in [6, 6.07) is 20.1. The third kappa shape index (κ3) is 3.07. The van der Waals surface area contributed by atoms with Crippen LogP contribution >= 0.6 is 0 Å². The maximum atomic E-state index is 5.38. The highest BCUT2D eigenvalue weighted by Gasteiger charge is 2.15. The maximum absolute atomic E-state index is 5.38. The minimum atomic E-state index is 0.823. The molecule has 0 bridgehead atoms. The second-order valence-corrected chi connectivity index (χ2v) is 4.58. The Bertz CT molecular complexity index is 650. The number of rotatable bonds is 4. The molecule has 0 saturated carbocycles. The van der Waals surface area contributed by atoms with E-state index in [2.05, 4.69) is 22.9 Å². The van der Waals surface area contributed by atoms with Gasteiger partial charge in [0.1, 0.15) is 0 Å². The van der Waals surface area contributed by atoms with Crippen molar-refractivity contribution in [2.75, 3.05) is 12.4 Å². The number of nitrogens with one attached hydrogen (secondary N) is 2. The van der Waals surface area contributed by atoms with Gasteiger partial charge in [-0.15, -0.1) is 5.17 Å². The predicted molar refractivity (Wildman–Crippen MR) is 84.6 cm³/mol. The molecule has 0 fully saturated rings. The Balaban J connectivity index is 1.84. The van der Waals surface area contributed by atoms with Crippen LogP contribution in [0.3, 0.4) is 0 Å². The molecule has 0 unspecified atom stereocenters. The van der Waals surface area contributed by atoms with E-state index in [0.717, 1.165) is 22.8 Å². The molecule has 0 spiro atoms. The SMILES string of the molecule is CON1NC(c2ccccc2)=CC=C1Nc1ccccc1. The van der Waals surface area contributed by atoms with E-state index < -0.39 is 0 Å². The lowest BCUT2D eigenvalue weighted by molar-refractivity contribution is -0.126. The second kappa shape index (κ2) is 6.15. The molecule has 21 heavy (non-hydrogen) atoms. The highest BCUT2D eigenvalue weighted by molar-refractivity contribution is 5.67. The summed E-state index contributed by atoms with van der Waals surface area (Å²) in [5.41, 5.74) is 6.32. The zero-order chi connectivity index (χ0) is 14.5. The van der Waals surface area contributed by atoms with Crippen molar-refractivity contribution in [1.82, 2.24) is 10.6 Å². The van der Waals surface area contributed by atoms with Crippen molar-refractivity contribution in [2.24, 2.45) is 0 Å². The zero-order valence-electron chi connectivity index (χ0n) is 11.8. The van der Waals surface area contributed by atoms with Crippen LogP contribution < -0.4 is 10.7 Å². The minimum Gasteiger partial charge on any atom is -0.338 e. The molecule has 3 rings (SSSR count). The fourth-order valence-electron chi connectivity index (χ4n) is 2.12. The summed E-state index contributed by atoms with van der Waals surface area (Å²) >= 11 is 0. The van der Waals surface area contributed by atoms with Crippen molar-refractivity contribution in [1.29, 1.82) is 0 Å². The summed E-state index contributed by atoms with van der Waals surface area (Å²) in [6.45, 7) is 0. The van der Waals surface area contributed by atoms with Gasteiger partial charge in [-0.2, -0.15) is 0 Å². The van der Waals surface area contributed by atoms with Gasteiger partial charge >= 0.3 is 0 Å². The lowest BCUT2D eigenvalue weighted by Gasteiger charge is -2.30. The third-order valence-electron chi connectivity index (χ3n) is 3.16. The van der Waals surface area contributed by atoms with Crippen LogP contribution in [0.15, 0.2) is 78.6 Å². The number of nitrogens with zero attached hydrogens (tertiary/aromatic N) is 1. The number of hydrazine groups is 1. The van der Waals surface area contributed by atoms with Crippen molar-refractivity contribution in [3.8, 4) is 0 Å². The molecule has 2 N–H and O–H groups in total. The molecule has 0 aromatic heterocycles. The van der Waals surface area contributed by atoms with Crippen LogP contribution in [0.1, 0.15) is 5.56 Å². The van der Waals surface area contributed by atoms with E-state index in [1.54, 1.807) is 12.3 Å². The Morgan fingerprint density at radius 1 is 0.905 bits per heavy atom. The standard InChI is InChI=1S/C17H17N3O/c1-21-20-17(18-15-10-6-3-7-11-15)13-12-16(19-20)14-8-4-2-5-9-14/h2-13,18-19H,1H3. The molecule has 0 atom stereocenters. The first kappa shape index (κ1) is 13.3. The number of hydroxylamine groups is 1. The van der Waals surface area contributed by atoms with E-state index in [9.17, 15) is 0 Å². The Morgan fingerprint density at radius 2 is 1.57 bits per heavy atom. The van der Waals surface area contributed by atoms with Crippen molar-refractivity contribution in [3.63, 3.8) is 0 Å². The van der Waals surface area contributed by atoms with Gasteiger partial charge in [0.25, 0.3) is 0 Å². The lowest BCUT2D eigenvalue weighted by atomic mass is 10.1. The summed E-state index contributed by atoms with van der Waals surface area (Å²) < 4.78 is 0. The molecule has 4 heteroatoms. The van der Waals surface area contributed by atoms with Crippen LogP contribution in [0.2, 0.25) is 0 Å². The van der Waals surface area contributed by atoms with E-state index in [4.69, 9.17) is 4.84 Å². The number of para-hydroxylation sites is 1. The first-order chi connectivity index (χ1) is 10.4. The molecule has 4 nitrogen and oxygen atoms in total. The monoisotopic (exact) mass is 279 g/mol. The zero-order valence-corrected chi connectivity index (χ0v) is 11.8. The average Bonchev–Trinajstić information content (AvgIpc) is 2.57. The highest BCUT2D eigenvalue weighted by atomic mass is 16.7. The summed E-state index contributed by atoms with van der Waals surface area (Å²) in [5, 5.41) is 4.92. The molecule has 0 radical (unpaired) electrons. The maximum Gasteiger partial charge on any atom is 0.155 e. The largest absolute Gasteiger partial charge is 0.338 e. The smallest absolute Gasteiger partial charge is 0.155 e. The second-order valence-electron chi connectivity index (χ2n) is 4.58. The topological polar surface area (TPSA) is 36.5 Å². The first-order valence-corrected chi connectivity index (χ1v) is 6.77. The van der Waals surface area contributed by atoms with Gasteiger partial charge in [-0.25, -0.2) is 0 Å². The summed E-state index contributed by atoms with van der Waals surface area (Å²) in [6.07, 6.45) is 4.01. The molecular weight excluding hydrogens is 262 g/mol. The molecule has 2 aromatic carbocycles. The van der Waals surface area contributed by atoms with Crippen LogP contribution in [0.5, 0.6) is 0 Å². The van der Waals surface area contributed by atoms with Gasteiger partial charge in [-0.1, -0.05) is 48.5 Å². The summed E-state index contributed by atoms with van der Waals surface area (Å²) in [7, 11) is 1.63. The van der Waals surface area contributed by atoms with Gasteiger partial charge in [0.15, 0.2) is 5.82 Å². The van der Waals surface area contributed by atoms with Gasteiger partial charge < -0.3 is 5.32 Å². The number of anilines is 1. The Labute approximate surface area is 124 Å².